The Kier molecular flexibility index (Phi) is 13.5. The van der Waals surface area contributed by atoms with Gasteiger partial charge in [-0.25, -0.2) is 0 Å². The summed E-state index contributed by atoms with van der Waals surface area (Å²) in [4.78, 5) is 0. The topological polar surface area (TPSA) is 12.5 Å². The summed E-state index contributed by atoms with van der Waals surface area (Å²) in [6.07, 6.45) is 25.3. The van der Waals surface area contributed by atoms with Crippen LogP contribution in [0.5, 0.6) is 0 Å². The average molecular weight is 297 g/mol. The molecule has 1 heteroatoms. The minimum absolute atomic E-state index is 0.650. The molecule has 0 aromatic heterocycles. The number of ether oxygens (including phenoxy) is 1. The molecule has 126 valence electrons. The van der Waals surface area contributed by atoms with Crippen LogP contribution in [0.15, 0.2) is 0 Å². The summed E-state index contributed by atoms with van der Waals surface area (Å²) in [5.74, 6) is 0. The molecule has 0 aliphatic carbocycles. The predicted octanol–water partition coefficient (Wildman–Crippen LogP) is 7.04. The van der Waals surface area contributed by atoms with Crippen molar-refractivity contribution in [3.8, 4) is 0 Å². The molecule has 0 amide bonds. The molecule has 0 bridgehead atoms. The van der Waals surface area contributed by atoms with Crippen LogP contribution in [0.1, 0.15) is 116 Å². The maximum absolute atomic E-state index is 5.23. The van der Waals surface area contributed by atoms with Gasteiger partial charge in [0.1, 0.15) is 0 Å². The van der Waals surface area contributed by atoms with Crippen LogP contribution in [-0.2, 0) is 4.74 Å². The lowest BCUT2D eigenvalue weighted by molar-refractivity contribution is 0.387. The Bertz CT molecular complexity index is 198. The summed E-state index contributed by atoms with van der Waals surface area (Å²) in [6.45, 7) is 3.34. The van der Waals surface area contributed by atoms with E-state index in [0.29, 0.717) is 6.10 Å². The molecule has 0 spiro atoms. The number of hydrogen-bond donors (Lipinski definition) is 0. The van der Waals surface area contributed by atoms with Crippen molar-refractivity contribution in [2.45, 2.75) is 122 Å². The van der Waals surface area contributed by atoms with Gasteiger partial charge in [0.2, 0.25) is 0 Å². The van der Waals surface area contributed by atoms with E-state index in [-0.39, 0.29) is 0 Å². The summed E-state index contributed by atoms with van der Waals surface area (Å²) in [6, 6.07) is 0. The summed E-state index contributed by atoms with van der Waals surface area (Å²) >= 11 is 0. The Morgan fingerprint density at radius 1 is 0.571 bits per heavy atom. The van der Waals surface area contributed by atoms with Crippen molar-refractivity contribution in [2.75, 3.05) is 6.61 Å². The Balaban J connectivity index is 1.59. The minimum atomic E-state index is 0.650. The fraction of sp³-hybridized carbons (Fsp3) is 1.00. The SMILES string of the molecule is CCCCCCCCCCCCCCCCCC[C@@H]1CO1. The van der Waals surface area contributed by atoms with Crippen molar-refractivity contribution in [1.29, 1.82) is 0 Å². The van der Waals surface area contributed by atoms with Crippen molar-refractivity contribution in [3.05, 3.63) is 0 Å². The first-order chi connectivity index (χ1) is 10.4. The van der Waals surface area contributed by atoms with Gasteiger partial charge in [-0.2, -0.15) is 0 Å². The van der Waals surface area contributed by atoms with E-state index in [4.69, 9.17) is 4.74 Å². The zero-order chi connectivity index (χ0) is 15.0. The highest BCUT2D eigenvalue weighted by Crippen LogP contribution is 2.18. The maximum Gasteiger partial charge on any atom is 0.0810 e. The largest absolute Gasteiger partial charge is 0.373 e. The summed E-state index contributed by atoms with van der Waals surface area (Å²) in [5.41, 5.74) is 0. The number of hydrogen-bond acceptors (Lipinski definition) is 1. The molecule has 0 N–H and O–H groups in total. The van der Waals surface area contributed by atoms with E-state index in [0.717, 1.165) is 6.61 Å². The summed E-state index contributed by atoms with van der Waals surface area (Å²) < 4.78 is 5.23. The van der Waals surface area contributed by atoms with E-state index < -0.39 is 0 Å². The maximum atomic E-state index is 5.23. The van der Waals surface area contributed by atoms with E-state index in [1.807, 2.05) is 0 Å². The Morgan fingerprint density at radius 2 is 0.905 bits per heavy atom. The zero-order valence-electron chi connectivity index (χ0n) is 14.7. The highest BCUT2D eigenvalue weighted by molar-refractivity contribution is 4.68. The van der Waals surface area contributed by atoms with Crippen molar-refractivity contribution in [2.24, 2.45) is 0 Å². The second kappa shape index (κ2) is 14.9. The molecule has 21 heavy (non-hydrogen) atoms. The molecule has 0 saturated carbocycles. The highest BCUT2D eigenvalue weighted by Gasteiger charge is 2.20. The van der Waals surface area contributed by atoms with Crippen LogP contribution in [0.2, 0.25) is 0 Å². The van der Waals surface area contributed by atoms with Gasteiger partial charge in [0.15, 0.2) is 0 Å². The second-order valence-electron chi connectivity index (χ2n) is 7.05. The molecular weight excluding hydrogens is 256 g/mol. The second-order valence-corrected chi connectivity index (χ2v) is 7.05. The lowest BCUT2D eigenvalue weighted by atomic mass is 10.0. The molecule has 0 unspecified atom stereocenters. The van der Waals surface area contributed by atoms with Crippen LogP contribution < -0.4 is 0 Å². The number of epoxide rings is 1. The third-order valence-corrected chi connectivity index (χ3v) is 4.78. The molecular formula is C20H40O. The first-order valence-electron chi connectivity index (χ1n) is 10.0. The quantitative estimate of drug-likeness (QED) is 0.207. The van der Waals surface area contributed by atoms with Crippen LogP contribution in [0, 0.1) is 0 Å². The Labute approximate surface area is 134 Å². The number of unbranched alkanes of at least 4 members (excludes halogenated alkanes) is 15. The molecule has 0 radical (unpaired) electrons. The molecule has 1 heterocycles. The first-order valence-corrected chi connectivity index (χ1v) is 10.0. The Hall–Kier alpha value is -0.0400. The summed E-state index contributed by atoms with van der Waals surface area (Å²) in [7, 11) is 0. The predicted molar refractivity (Wildman–Crippen MR) is 93.9 cm³/mol. The van der Waals surface area contributed by atoms with Crippen LogP contribution in [-0.4, -0.2) is 12.7 Å². The average Bonchev–Trinajstić information content (AvgIpc) is 3.31. The van der Waals surface area contributed by atoms with Gasteiger partial charge >= 0.3 is 0 Å². The van der Waals surface area contributed by atoms with Crippen molar-refractivity contribution < 1.29 is 4.74 Å². The van der Waals surface area contributed by atoms with Crippen molar-refractivity contribution >= 4 is 0 Å². The fourth-order valence-electron chi connectivity index (χ4n) is 3.15. The smallest absolute Gasteiger partial charge is 0.0810 e. The normalized spacial score (nSPS) is 17.3. The van der Waals surface area contributed by atoms with Gasteiger partial charge in [0, 0.05) is 0 Å². The van der Waals surface area contributed by atoms with E-state index >= 15 is 0 Å². The van der Waals surface area contributed by atoms with Crippen LogP contribution in [0.3, 0.4) is 0 Å². The molecule has 0 aromatic carbocycles. The van der Waals surface area contributed by atoms with Gasteiger partial charge in [-0.05, 0) is 6.42 Å². The van der Waals surface area contributed by atoms with Gasteiger partial charge in [-0.15, -0.1) is 0 Å². The monoisotopic (exact) mass is 296 g/mol. The zero-order valence-corrected chi connectivity index (χ0v) is 14.7. The summed E-state index contributed by atoms with van der Waals surface area (Å²) in [5, 5.41) is 0. The molecule has 1 fully saturated rings. The third-order valence-electron chi connectivity index (χ3n) is 4.78. The van der Waals surface area contributed by atoms with Gasteiger partial charge in [-0.1, -0.05) is 110 Å². The van der Waals surface area contributed by atoms with E-state index in [2.05, 4.69) is 6.92 Å². The molecule has 1 aliphatic rings. The van der Waals surface area contributed by atoms with Crippen molar-refractivity contribution in [3.63, 3.8) is 0 Å². The van der Waals surface area contributed by atoms with Crippen molar-refractivity contribution in [1.82, 2.24) is 0 Å². The van der Waals surface area contributed by atoms with Gasteiger partial charge in [0.25, 0.3) is 0 Å². The molecule has 1 nitrogen and oxygen atoms in total. The van der Waals surface area contributed by atoms with Crippen LogP contribution >= 0.6 is 0 Å². The number of rotatable bonds is 17. The molecule has 0 aromatic rings. The van der Waals surface area contributed by atoms with Gasteiger partial charge < -0.3 is 4.74 Å². The van der Waals surface area contributed by atoms with E-state index in [9.17, 15) is 0 Å². The molecule has 1 aliphatic heterocycles. The van der Waals surface area contributed by atoms with Gasteiger partial charge in [0.05, 0.1) is 12.7 Å². The van der Waals surface area contributed by atoms with Crippen LogP contribution in [0.4, 0.5) is 0 Å². The highest BCUT2D eigenvalue weighted by atomic mass is 16.6. The van der Waals surface area contributed by atoms with E-state index in [1.165, 1.54) is 109 Å². The Morgan fingerprint density at radius 3 is 1.24 bits per heavy atom. The first kappa shape index (κ1) is 19.0. The molecule has 1 saturated heterocycles. The lowest BCUT2D eigenvalue weighted by Gasteiger charge is -2.03. The lowest BCUT2D eigenvalue weighted by Crippen LogP contribution is -1.86. The minimum Gasteiger partial charge on any atom is -0.373 e. The van der Waals surface area contributed by atoms with E-state index in [1.54, 1.807) is 0 Å². The fourth-order valence-corrected chi connectivity index (χ4v) is 3.15. The van der Waals surface area contributed by atoms with Crippen LogP contribution in [0.25, 0.3) is 0 Å². The molecule has 1 atom stereocenters. The third kappa shape index (κ3) is 14.7. The standard InChI is InChI=1S/C20H40O/c1-2-3-4-5-6-7-8-9-10-11-12-13-14-15-16-17-18-20-19-21-20/h20H,2-19H2,1H3/t20-/m1/s1. The molecule has 1 rings (SSSR count). The van der Waals surface area contributed by atoms with Gasteiger partial charge in [-0.3, -0.25) is 0 Å².